The largest absolute Gasteiger partial charge is 0.236 e. The van der Waals surface area contributed by atoms with Crippen LogP contribution in [0.2, 0.25) is 0 Å². The molecule has 0 N–H and O–H groups in total. The summed E-state index contributed by atoms with van der Waals surface area (Å²) in [6, 6.07) is 47.8. The third kappa shape index (κ3) is 4.74. The molecule has 0 radical (unpaired) electrons. The number of benzene rings is 6. The summed E-state index contributed by atoms with van der Waals surface area (Å²) in [4.78, 5) is 4.95. The Morgan fingerprint density at radius 3 is 1.71 bits per heavy atom. The summed E-state index contributed by atoms with van der Waals surface area (Å²) in [6.45, 7) is 0. The average Bonchev–Trinajstić information content (AvgIpc) is 3.49. The first-order chi connectivity index (χ1) is 20.2. The maximum atomic E-state index is 9.30. The number of hydrogen-bond donors (Lipinski definition) is 0. The Balaban J connectivity index is 1.34. The fourth-order valence-electron chi connectivity index (χ4n) is 5.17. The summed E-state index contributed by atoms with van der Waals surface area (Å²) < 4.78 is 1.17. The van der Waals surface area contributed by atoms with Gasteiger partial charge < -0.3 is 0 Å². The van der Waals surface area contributed by atoms with Gasteiger partial charge in [-0.2, -0.15) is 10.5 Å². The smallest absolute Gasteiger partial charge is 0.124 e. The Morgan fingerprint density at radius 2 is 1.00 bits per heavy atom. The predicted molar refractivity (Wildman–Crippen MR) is 168 cm³/mol. The maximum absolute atomic E-state index is 9.30. The molecule has 0 aliphatic rings. The van der Waals surface area contributed by atoms with Crippen molar-refractivity contribution in [3.63, 3.8) is 0 Å². The number of rotatable bonds is 4. The van der Waals surface area contributed by atoms with E-state index in [0.29, 0.717) is 11.1 Å². The average molecular weight is 540 g/mol. The molecule has 0 fully saturated rings. The van der Waals surface area contributed by atoms with Crippen LogP contribution in [0.1, 0.15) is 11.1 Å². The quantitative estimate of drug-likeness (QED) is 0.224. The van der Waals surface area contributed by atoms with Crippen molar-refractivity contribution in [2.24, 2.45) is 0 Å². The van der Waals surface area contributed by atoms with Crippen LogP contribution in [-0.4, -0.2) is 4.98 Å². The third-order valence-corrected chi connectivity index (χ3v) is 8.43. The summed E-state index contributed by atoms with van der Waals surface area (Å²) in [6.07, 6.45) is 0. The van der Waals surface area contributed by atoms with Crippen LogP contribution in [0.25, 0.3) is 64.9 Å². The van der Waals surface area contributed by atoms with Crippen LogP contribution in [0.15, 0.2) is 127 Å². The molecule has 0 unspecified atom stereocenters. The summed E-state index contributed by atoms with van der Waals surface area (Å²) >= 11 is 1.70. The fourth-order valence-corrected chi connectivity index (χ4v) is 6.12. The van der Waals surface area contributed by atoms with Crippen LogP contribution in [-0.2, 0) is 0 Å². The van der Waals surface area contributed by atoms with E-state index >= 15 is 0 Å². The predicted octanol–water partition coefficient (Wildman–Crippen LogP) is 9.86. The molecule has 0 saturated heterocycles. The number of fused-ring (bicyclic) bond motifs is 2. The fraction of sp³-hybridized carbons (Fsp3) is 0. The van der Waals surface area contributed by atoms with E-state index in [4.69, 9.17) is 10.2 Å². The first-order valence-corrected chi connectivity index (χ1v) is 14.0. The Labute approximate surface area is 241 Å². The second-order valence-corrected chi connectivity index (χ2v) is 11.0. The highest BCUT2D eigenvalue weighted by Crippen LogP contribution is 2.37. The lowest BCUT2D eigenvalue weighted by Gasteiger charge is -2.11. The highest BCUT2D eigenvalue weighted by atomic mass is 32.1. The van der Waals surface area contributed by atoms with Crippen LogP contribution < -0.4 is 0 Å². The monoisotopic (exact) mass is 539 g/mol. The first kappa shape index (κ1) is 24.5. The zero-order valence-corrected chi connectivity index (χ0v) is 22.7. The minimum Gasteiger partial charge on any atom is -0.236 e. The van der Waals surface area contributed by atoms with Gasteiger partial charge in [0.15, 0.2) is 0 Å². The molecular weight excluding hydrogens is 518 g/mol. The molecule has 0 atom stereocenters. The van der Waals surface area contributed by atoms with E-state index < -0.39 is 0 Å². The highest BCUT2D eigenvalue weighted by Gasteiger charge is 2.12. The van der Waals surface area contributed by atoms with Gasteiger partial charge in [-0.25, -0.2) is 4.98 Å². The van der Waals surface area contributed by atoms with Crippen molar-refractivity contribution >= 4 is 32.3 Å². The van der Waals surface area contributed by atoms with E-state index in [1.807, 2.05) is 54.6 Å². The van der Waals surface area contributed by atoms with Gasteiger partial charge in [-0.15, -0.1) is 11.3 Å². The van der Waals surface area contributed by atoms with Crippen molar-refractivity contribution in [3.8, 4) is 56.1 Å². The molecule has 0 saturated carbocycles. The van der Waals surface area contributed by atoms with Crippen molar-refractivity contribution in [3.05, 3.63) is 139 Å². The topological polar surface area (TPSA) is 60.5 Å². The zero-order chi connectivity index (χ0) is 27.8. The minimum atomic E-state index is 0.656. The Morgan fingerprint density at radius 1 is 0.463 bits per heavy atom. The van der Waals surface area contributed by atoms with E-state index in [1.54, 1.807) is 11.3 Å². The van der Waals surface area contributed by atoms with Crippen molar-refractivity contribution in [1.82, 2.24) is 4.98 Å². The molecule has 7 aromatic rings. The molecule has 190 valence electrons. The summed E-state index contributed by atoms with van der Waals surface area (Å²) in [5, 5.41) is 21.6. The molecule has 6 aromatic carbocycles. The molecule has 3 nitrogen and oxygen atoms in total. The molecule has 1 heterocycles. The number of aromatic nitrogens is 1. The lowest BCUT2D eigenvalue weighted by molar-refractivity contribution is 1.47. The standard InChI is InChI=1S/C37H21N3S/c38-22-24-5-8-26(9-6-24)27-11-13-28(14-12-27)32-19-33(31-16-15-29-17-25(23-39)7-10-30(29)18-31)21-34(20-32)37-40-35-3-1-2-4-36(35)41-37/h1-21H. The molecule has 0 aliphatic carbocycles. The third-order valence-electron chi connectivity index (χ3n) is 7.34. The van der Waals surface area contributed by atoms with E-state index in [1.165, 1.54) is 4.70 Å². The lowest BCUT2D eigenvalue weighted by Crippen LogP contribution is -1.87. The van der Waals surface area contributed by atoms with E-state index in [0.717, 1.165) is 60.2 Å². The van der Waals surface area contributed by atoms with Crippen LogP contribution in [0.3, 0.4) is 0 Å². The molecule has 0 bridgehead atoms. The second kappa shape index (κ2) is 10.2. The Kier molecular flexibility index (Phi) is 6.10. The van der Waals surface area contributed by atoms with Gasteiger partial charge in [0.1, 0.15) is 5.01 Å². The summed E-state index contributed by atoms with van der Waals surface area (Å²) in [7, 11) is 0. The number of para-hydroxylation sites is 1. The minimum absolute atomic E-state index is 0.656. The van der Waals surface area contributed by atoms with Crippen molar-refractivity contribution in [2.45, 2.75) is 0 Å². The number of hydrogen-bond acceptors (Lipinski definition) is 4. The number of nitrogens with zero attached hydrogens (tertiary/aromatic N) is 3. The highest BCUT2D eigenvalue weighted by molar-refractivity contribution is 7.21. The van der Waals surface area contributed by atoms with E-state index in [9.17, 15) is 5.26 Å². The van der Waals surface area contributed by atoms with Crippen LogP contribution >= 0.6 is 11.3 Å². The Hall–Kier alpha value is -5.55. The SMILES string of the molecule is N#Cc1ccc(-c2ccc(-c3cc(-c4ccc5cc(C#N)ccc5c4)cc(-c4nc5ccccc5s4)c3)cc2)cc1. The Bertz CT molecular complexity index is 2130. The van der Waals surface area contributed by atoms with Crippen LogP contribution in [0.4, 0.5) is 0 Å². The molecule has 0 amide bonds. The molecule has 41 heavy (non-hydrogen) atoms. The lowest BCUT2D eigenvalue weighted by atomic mass is 9.93. The van der Waals surface area contributed by atoms with Crippen molar-refractivity contribution < 1.29 is 0 Å². The van der Waals surface area contributed by atoms with Gasteiger partial charge in [-0.1, -0.05) is 66.7 Å². The van der Waals surface area contributed by atoms with Gasteiger partial charge in [0.25, 0.3) is 0 Å². The molecule has 1 aromatic heterocycles. The first-order valence-electron chi connectivity index (χ1n) is 13.2. The van der Waals surface area contributed by atoms with E-state index in [2.05, 4.69) is 84.9 Å². The van der Waals surface area contributed by atoms with Gasteiger partial charge in [0.05, 0.1) is 33.5 Å². The van der Waals surface area contributed by atoms with Gasteiger partial charge >= 0.3 is 0 Å². The van der Waals surface area contributed by atoms with Crippen LogP contribution in [0.5, 0.6) is 0 Å². The molecule has 4 heteroatoms. The maximum Gasteiger partial charge on any atom is 0.124 e. The van der Waals surface area contributed by atoms with Gasteiger partial charge in [0, 0.05) is 5.56 Å². The summed E-state index contributed by atoms with van der Waals surface area (Å²) in [5.41, 5.74) is 10.0. The second-order valence-electron chi connectivity index (χ2n) is 9.94. The number of thiazole rings is 1. The van der Waals surface area contributed by atoms with Gasteiger partial charge in [-0.3, -0.25) is 0 Å². The molecule has 7 rings (SSSR count). The van der Waals surface area contributed by atoms with Gasteiger partial charge in [0.2, 0.25) is 0 Å². The normalized spacial score (nSPS) is 10.9. The molecular formula is C37H21N3S. The zero-order valence-electron chi connectivity index (χ0n) is 21.9. The molecule has 0 spiro atoms. The van der Waals surface area contributed by atoms with Crippen molar-refractivity contribution in [1.29, 1.82) is 10.5 Å². The number of nitriles is 2. The van der Waals surface area contributed by atoms with Crippen molar-refractivity contribution in [2.75, 3.05) is 0 Å². The van der Waals surface area contributed by atoms with Crippen LogP contribution in [0, 0.1) is 22.7 Å². The summed E-state index contributed by atoms with van der Waals surface area (Å²) in [5.74, 6) is 0. The molecule has 0 aliphatic heterocycles. The van der Waals surface area contributed by atoms with Gasteiger partial charge in [-0.05, 0) is 105 Å². The van der Waals surface area contributed by atoms with E-state index in [-0.39, 0.29) is 0 Å².